The number of nitrogens with one attached hydrogen (secondary N) is 1. The number of hydrogen-bond acceptors (Lipinski definition) is 5. The summed E-state index contributed by atoms with van der Waals surface area (Å²) in [5.41, 5.74) is 0. The maximum absolute atomic E-state index is 12.6. The minimum absolute atomic E-state index is 0.208. The van der Waals surface area contributed by atoms with E-state index >= 15 is 0 Å². The van der Waals surface area contributed by atoms with E-state index in [1.54, 1.807) is 24.3 Å². The number of rotatable bonds is 8. The lowest BCUT2D eigenvalue weighted by Crippen LogP contribution is -3.14. The average Bonchev–Trinajstić information content (AvgIpc) is 2.74. The summed E-state index contributed by atoms with van der Waals surface area (Å²) in [6, 6.07) is 7.06. The number of hydrogen-bond donors (Lipinski definition) is 2. The highest BCUT2D eigenvalue weighted by Crippen LogP contribution is 2.20. The van der Waals surface area contributed by atoms with Gasteiger partial charge in [-0.3, -0.25) is 0 Å². The fraction of sp³-hybridized carbons (Fsp3) is 0.700. The van der Waals surface area contributed by atoms with Crippen molar-refractivity contribution in [3.8, 4) is 5.75 Å². The molecule has 2 fully saturated rings. The average molecular weight is 414 g/mol. The van der Waals surface area contributed by atoms with Crippen molar-refractivity contribution in [3.63, 3.8) is 0 Å². The third kappa shape index (κ3) is 5.67. The molecule has 1 saturated heterocycles. The molecule has 1 aromatic carbocycles. The van der Waals surface area contributed by atoms with Crippen LogP contribution in [-0.2, 0) is 14.8 Å². The lowest BCUT2D eigenvalue weighted by atomic mass is 9.94. The molecule has 2 N–H and O–H groups in total. The van der Waals surface area contributed by atoms with E-state index in [-0.39, 0.29) is 11.5 Å². The van der Waals surface area contributed by atoms with E-state index < -0.39 is 16.1 Å². The van der Waals surface area contributed by atoms with Gasteiger partial charge in [-0.05, 0) is 49.9 Å². The molecular weight excluding hydrogens is 380 g/mol. The van der Waals surface area contributed by atoms with Crippen LogP contribution >= 0.6 is 0 Å². The van der Waals surface area contributed by atoms with Crippen LogP contribution in [0.4, 0.5) is 0 Å². The van der Waals surface area contributed by atoms with Crippen LogP contribution in [0.1, 0.15) is 32.1 Å². The number of likely N-dealkylation sites (N-methyl/N-ethyl adjacent to an activating group) is 1. The van der Waals surface area contributed by atoms with Crippen molar-refractivity contribution in [3.05, 3.63) is 24.3 Å². The fourth-order valence-electron chi connectivity index (χ4n) is 4.03. The molecule has 0 spiro atoms. The monoisotopic (exact) mass is 413 g/mol. The molecule has 1 heterocycles. The molecule has 2 atom stereocenters. The third-order valence-electron chi connectivity index (χ3n) is 5.73. The molecule has 0 aromatic heterocycles. The summed E-state index contributed by atoms with van der Waals surface area (Å²) in [5.74, 6) is 0.565. The maximum atomic E-state index is 12.6. The maximum Gasteiger partial charge on any atom is 0.243 e. The number of nitrogens with zero attached hydrogens (tertiary/aromatic N) is 1. The molecular formula is C20H33N2O5S+. The number of morpholine rings is 1. The Labute approximate surface area is 168 Å². The number of aliphatic hydroxyl groups is 1. The van der Waals surface area contributed by atoms with Crippen LogP contribution < -0.4 is 9.64 Å². The van der Waals surface area contributed by atoms with Crippen LogP contribution in [0.5, 0.6) is 5.75 Å². The van der Waals surface area contributed by atoms with Crippen LogP contribution in [0.15, 0.2) is 29.2 Å². The van der Waals surface area contributed by atoms with E-state index in [9.17, 15) is 13.5 Å². The Kier molecular flexibility index (Phi) is 7.70. The Hall–Kier alpha value is -1.19. The van der Waals surface area contributed by atoms with Crippen molar-refractivity contribution in [2.45, 2.75) is 49.1 Å². The van der Waals surface area contributed by atoms with Crippen LogP contribution in [0.2, 0.25) is 0 Å². The summed E-state index contributed by atoms with van der Waals surface area (Å²) in [4.78, 5) is 1.62. The van der Waals surface area contributed by atoms with Crippen molar-refractivity contribution in [2.75, 3.05) is 46.5 Å². The second-order valence-electron chi connectivity index (χ2n) is 7.84. The second kappa shape index (κ2) is 10.0. The SMILES string of the molecule is C[NH+](C[C@@H](O)COc1ccc(S(=O)(=O)N2CCOCC2)cc1)C1CCCCC1. The Morgan fingerprint density at radius 2 is 1.82 bits per heavy atom. The lowest BCUT2D eigenvalue weighted by Gasteiger charge is -2.29. The van der Waals surface area contributed by atoms with E-state index in [0.29, 0.717) is 44.6 Å². The summed E-state index contributed by atoms with van der Waals surface area (Å²) in [5, 5.41) is 10.3. The van der Waals surface area contributed by atoms with E-state index in [1.807, 2.05) is 0 Å². The summed E-state index contributed by atoms with van der Waals surface area (Å²) in [7, 11) is -1.35. The molecule has 0 bridgehead atoms. The Morgan fingerprint density at radius 3 is 2.46 bits per heavy atom. The number of aliphatic hydroxyl groups excluding tert-OH is 1. The molecule has 1 aliphatic heterocycles. The number of ether oxygens (including phenoxy) is 2. The molecule has 0 radical (unpaired) electrons. The van der Waals surface area contributed by atoms with Crippen molar-refractivity contribution < 1.29 is 27.9 Å². The van der Waals surface area contributed by atoms with Crippen LogP contribution in [0.25, 0.3) is 0 Å². The van der Waals surface area contributed by atoms with Crippen molar-refractivity contribution >= 4 is 10.0 Å². The van der Waals surface area contributed by atoms with Crippen LogP contribution in [-0.4, -0.2) is 76.5 Å². The van der Waals surface area contributed by atoms with Gasteiger partial charge in [0.1, 0.15) is 25.0 Å². The first-order valence-electron chi connectivity index (χ1n) is 10.3. The van der Waals surface area contributed by atoms with Gasteiger partial charge in [-0.1, -0.05) is 6.42 Å². The summed E-state index contributed by atoms with van der Waals surface area (Å²) < 4.78 is 37.6. The molecule has 1 aromatic rings. The molecule has 2 aliphatic rings. The van der Waals surface area contributed by atoms with E-state index in [1.165, 1.54) is 41.3 Å². The van der Waals surface area contributed by atoms with Gasteiger partial charge in [0, 0.05) is 13.1 Å². The Bertz CT molecular complexity index is 698. The van der Waals surface area contributed by atoms with Gasteiger partial charge in [0.05, 0.1) is 31.2 Å². The molecule has 158 valence electrons. The molecule has 1 aliphatic carbocycles. The zero-order chi connectivity index (χ0) is 20.0. The van der Waals surface area contributed by atoms with E-state index in [4.69, 9.17) is 9.47 Å². The summed E-state index contributed by atoms with van der Waals surface area (Å²) in [6.45, 7) is 2.48. The molecule has 0 amide bonds. The minimum Gasteiger partial charge on any atom is -0.491 e. The van der Waals surface area contributed by atoms with Crippen molar-refractivity contribution in [1.82, 2.24) is 4.31 Å². The van der Waals surface area contributed by atoms with Crippen molar-refractivity contribution in [2.24, 2.45) is 0 Å². The van der Waals surface area contributed by atoms with E-state index in [2.05, 4.69) is 7.05 Å². The van der Waals surface area contributed by atoms with Crippen LogP contribution in [0, 0.1) is 0 Å². The first-order chi connectivity index (χ1) is 13.5. The summed E-state index contributed by atoms with van der Waals surface area (Å²) in [6.07, 6.45) is 5.82. The molecule has 7 nitrogen and oxygen atoms in total. The molecule has 3 rings (SSSR count). The molecule has 1 unspecified atom stereocenters. The number of sulfonamides is 1. The normalized spacial score (nSPS) is 21.9. The lowest BCUT2D eigenvalue weighted by molar-refractivity contribution is -0.910. The van der Waals surface area contributed by atoms with Crippen molar-refractivity contribution in [1.29, 1.82) is 0 Å². The Balaban J connectivity index is 1.48. The van der Waals surface area contributed by atoms with Gasteiger partial charge in [-0.2, -0.15) is 4.31 Å². The minimum atomic E-state index is -3.49. The second-order valence-corrected chi connectivity index (χ2v) is 9.78. The number of benzene rings is 1. The highest BCUT2D eigenvalue weighted by molar-refractivity contribution is 7.89. The quantitative estimate of drug-likeness (QED) is 0.641. The largest absolute Gasteiger partial charge is 0.491 e. The highest BCUT2D eigenvalue weighted by atomic mass is 32.2. The highest BCUT2D eigenvalue weighted by Gasteiger charge is 2.26. The zero-order valence-electron chi connectivity index (χ0n) is 16.7. The molecule has 8 heteroatoms. The van der Waals surface area contributed by atoms with Gasteiger partial charge in [0.25, 0.3) is 0 Å². The number of quaternary nitrogens is 1. The summed E-state index contributed by atoms with van der Waals surface area (Å²) >= 11 is 0. The van der Waals surface area contributed by atoms with Gasteiger partial charge in [-0.25, -0.2) is 8.42 Å². The van der Waals surface area contributed by atoms with Gasteiger partial charge in [0.2, 0.25) is 10.0 Å². The predicted molar refractivity (Wildman–Crippen MR) is 106 cm³/mol. The predicted octanol–water partition coefficient (Wildman–Crippen LogP) is 0.295. The molecule has 28 heavy (non-hydrogen) atoms. The van der Waals surface area contributed by atoms with Gasteiger partial charge in [0.15, 0.2) is 0 Å². The topological polar surface area (TPSA) is 80.5 Å². The first-order valence-corrected chi connectivity index (χ1v) is 11.7. The third-order valence-corrected chi connectivity index (χ3v) is 7.65. The molecule has 1 saturated carbocycles. The standard InChI is InChI=1S/C20H32N2O5S/c1-21(17-5-3-2-4-6-17)15-18(23)16-27-19-7-9-20(10-8-19)28(24,25)22-11-13-26-14-12-22/h7-10,17-18,23H,2-6,11-16H2,1H3/p+1/t18-/m1/s1. The smallest absolute Gasteiger partial charge is 0.243 e. The van der Waals surface area contributed by atoms with Gasteiger partial charge >= 0.3 is 0 Å². The zero-order valence-corrected chi connectivity index (χ0v) is 17.5. The van der Waals surface area contributed by atoms with Gasteiger partial charge in [-0.15, -0.1) is 0 Å². The Morgan fingerprint density at radius 1 is 1.18 bits per heavy atom. The first kappa shape index (κ1) is 21.5. The van der Waals surface area contributed by atoms with E-state index in [0.717, 1.165) is 0 Å². The fourth-order valence-corrected chi connectivity index (χ4v) is 5.44. The van der Waals surface area contributed by atoms with Gasteiger partial charge < -0.3 is 19.5 Å². The van der Waals surface area contributed by atoms with Crippen LogP contribution in [0.3, 0.4) is 0 Å².